The first-order chi connectivity index (χ1) is 14.6. The van der Waals surface area contributed by atoms with Crippen molar-refractivity contribution in [1.29, 1.82) is 0 Å². The Morgan fingerprint density at radius 2 is 1.93 bits per heavy atom. The van der Waals surface area contributed by atoms with Crippen LogP contribution in [-0.2, 0) is 4.74 Å². The van der Waals surface area contributed by atoms with Crippen LogP contribution in [0.5, 0.6) is 5.75 Å². The maximum atomic E-state index is 12.3. The summed E-state index contributed by atoms with van der Waals surface area (Å²) in [6.45, 7) is 0.957. The van der Waals surface area contributed by atoms with Crippen LogP contribution in [0.15, 0.2) is 52.9 Å². The maximum absolute atomic E-state index is 12.3. The molecule has 0 atom stereocenters. The first-order valence-electron chi connectivity index (χ1n) is 9.08. The largest absolute Gasteiger partial charge is 0.491 e. The molecule has 0 saturated carbocycles. The zero-order valence-electron chi connectivity index (χ0n) is 16.2. The van der Waals surface area contributed by atoms with Gasteiger partial charge in [0.05, 0.1) is 18.7 Å². The molecule has 0 bridgehead atoms. The van der Waals surface area contributed by atoms with Crippen LogP contribution in [0.25, 0.3) is 11.0 Å². The molecule has 1 aromatic heterocycles. The molecule has 0 radical (unpaired) electrons. The summed E-state index contributed by atoms with van der Waals surface area (Å²) in [4.78, 5) is 23.9. The Labute approximate surface area is 172 Å². The molecule has 0 saturated heterocycles. The number of hydrogen-bond donors (Lipinski definition) is 3. The molecule has 154 valence electrons. The second-order valence-corrected chi connectivity index (χ2v) is 6.12. The summed E-state index contributed by atoms with van der Waals surface area (Å²) in [5.41, 5.74) is 2.81. The van der Waals surface area contributed by atoms with Gasteiger partial charge in [-0.3, -0.25) is 14.8 Å². The summed E-state index contributed by atoms with van der Waals surface area (Å²) in [5.74, 6) is 5.32. The van der Waals surface area contributed by atoms with E-state index in [2.05, 4.69) is 17.2 Å². The third-order valence-corrected chi connectivity index (χ3v) is 4.10. The van der Waals surface area contributed by atoms with Crippen molar-refractivity contribution in [3.63, 3.8) is 0 Å². The highest BCUT2D eigenvalue weighted by atomic mass is 16.5. The number of hydroxylamine groups is 1. The standard InChI is InChI=1S/C22H20N2O6/c1-28-11-12-29-17-8-9-19-16(13-17)14-20(30-19)22(26)23-10-4-6-15-5-2-3-7-18(15)21(25)24-27/h2-3,5,7-9,13-14,27H,10-12H2,1H3,(H,23,26)(H,24,25). The number of nitrogens with one attached hydrogen (secondary N) is 2. The SMILES string of the molecule is COCCOc1ccc2oc(C(=O)NCC#Cc3ccccc3C(=O)NO)cc2c1. The number of fused-ring (bicyclic) bond motifs is 1. The second kappa shape index (κ2) is 10.1. The molecule has 1 heterocycles. The quantitative estimate of drug-likeness (QED) is 0.240. The van der Waals surface area contributed by atoms with Crippen molar-refractivity contribution in [3.8, 4) is 17.6 Å². The van der Waals surface area contributed by atoms with E-state index in [1.54, 1.807) is 55.1 Å². The fraction of sp³-hybridized carbons (Fsp3) is 0.182. The van der Waals surface area contributed by atoms with Gasteiger partial charge in [-0.05, 0) is 36.4 Å². The van der Waals surface area contributed by atoms with Gasteiger partial charge in [-0.2, -0.15) is 0 Å². The minimum Gasteiger partial charge on any atom is -0.491 e. The summed E-state index contributed by atoms with van der Waals surface area (Å²) in [5, 5.41) is 12.2. The Balaban J connectivity index is 1.63. The number of hydrogen-bond acceptors (Lipinski definition) is 6. The summed E-state index contributed by atoms with van der Waals surface area (Å²) in [6.07, 6.45) is 0. The van der Waals surface area contributed by atoms with E-state index in [0.717, 1.165) is 5.39 Å². The smallest absolute Gasteiger partial charge is 0.287 e. The molecule has 3 N–H and O–H groups in total. The zero-order chi connectivity index (χ0) is 21.3. The Morgan fingerprint density at radius 1 is 1.10 bits per heavy atom. The lowest BCUT2D eigenvalue weighted by atomic mass is 10.1. The van der Waals surface area contributed by atoms with E-state index in [1.807, 2.05) is 0 Å². The summed E-state index contributed by atoms with van der Waals surface area (Å²) < 4.78 is 16.1. The highest BCUT2D eigenvalue weighted by Gasteiger charge is 2.12. The zero-order valence-corrected chi connectivity index (χ0v) is 16.2. The predicted octanol–water partition coefficient (Wildman–Crippen LogP) is 2.36. The fourth-order valence-corrected chi connectivity index (χ4v) is 2.67. The molecule has 2 aromatic carbocycles. The highest BCUT2D eigenvalue weighted by molar-refractivity contribution is 5.97. The van der Waals surface area contributed by atoms with Crippen molar-refractivity contribution in [1.82, 2.24) is 10.8 Å². The van der Waals surface area contributed by atoms with Gasteiger partial charge in [-0.25, -0.2) is 5.48 Å². The van der Waals surface area contributed by atoms with Crippen LogP contribution in [0.1, 0.15) is 26.5 Å². The van der Waals surface area contributed by atoms with Crippen molar-refractivity contribution >= 4 is 22.8 Å². The third kappa shape index (κ3) is 5.17. The van der Waals surface area contributed by atoms with E-state index in [0.29, 0.717) is 30.1 Å². The number of ether oxygens (including phenoxy) is 2. The van der Waals surface area contributed by atoms with Crippen LogP contribution >= 0.6 is 0 Å². The number of benzene rings is 2. The first kappa shape index (κ1) is 20.9. The number of furan rings is 1. The van der Waals surface area contributed by atoms with Crippen molar-refractivity contribution in [2.75, 3.05) is 26.9 Å². The molecule has 0 spiro atoms. The van der Waals surface area contributed by atoms with Crippen molar-refractivity contribution in [2.24, 2.45) is 0 Å². The van der Waals surface area contributed by atoms with Crippen LogP contribution in [-0.4, -0.2) is 43.9 Å². The van der Waals surface area contributed by atoms with E-state index < -0.39 is 11.8 Å². The lowest BCUT2D eigenvalue weighted by Gasteiger charge is -2.04. The van der Waals surface area contributed by atoms with Crippen LogP contribution in [0.2, 0.25) is 0 Å². The van der Waals surface area contributed by atoms with E-state index in [-0.39, 0.29) is 17.9 Å². The molecular formula is C22H20N2O6. The molecule has 0 fully saturated rings. The molecule has 0 unspecified atom stereocenters. The van der Waals surface area contributed by atoms with Gasteiger partial charge in [0.1, 0.15) is 17.9 Å². The van der Waals surface area contributed by atoms with Gasteiger partial charge >= 0.3 is 0 Å². The number of rotatable bonds is 7. The Morgan fingerprint density at radius 3 is 2.73 bits per heavy atom. The van der Waals surface area contributed by atoms with Gasteiger partial charge in [0.2, 0.25) is 0 Å². The van der Waals surface area contributed by atoms with Crippen molar-refractivity contribution < 1.29 is 28.7 Å². The minimum absolute atomic E-state index is 0.0519. The molecule has 0 aliphatic carbocycles. The van der Waals surface area contributed by atoms with Crippen LogP contribution < -0.4 is 15.5 Å². The first-order valence-corrected chi connectivity index (χ1v) is 9.08. The van der Waals surface area contributed by atoms with Gasteiger partial charge in [0.15, 0.2) is 5.76 Å². The van der Waals surface area contributed by atoms with E-state index in [1.165, 1.54) is 6.07 Å². The van der Waals surface area contributed by atoms with Gasteiger partial charge in [0, 0.05) is 18.1 Å². The Hall–Kier alpha value is -3.80. The summed E-state index contributed by atoms with van der Waals surface area (Å²) in [6, 6.07) is 13.5. The summed E-state index contributed by atoms with van der Waals surface area (Å²) in [7, 11) is 1.60. The molecule has 8 heteroatoms. The normalized spacial score (nSPS) is 10.2. The average molecular weight is 408 g/mol. The van der Waals surface area contributed by atoms with Gasteiger partial charge in [-0.15, -0.1) is 0 Å². The average Bonchev–Trinajstić information content (AvgIpc) is 3.20. The van der Waals surface area contributed by atoms with Gasteiger partial charge in [-0.1, -0.05) is 24.0 Å². The van der Waals surface area contributed by atoms with Crippen LogP contribution in [0.4, 0.5) is 0 Å². The predicted molar refractivity (Wildman–Crippen MR) is 108 cm³/mol. The van der Waals surface area contributed by atoms with Crippen molar-refractivity contribution in [3.05, 3.63) is 65.4 Å². The lowest BCUT2D eigenvalue weighted by Crippen LogP contribution is -2.23. The molecule has 30 heavy (non-hydrogen) atoms. The van der Waals surface area contributed by atoms with Gasteiger partial charge < -0.3 is 19.2 Å². The highest BCUT2D eigenvalue weighted by Crippen LogP contribution is 2.24. The fourth-order valence-electron chi connectivity index (χ4n) is 2.67. The van der Waals surface area contributed by atoms with E-state index >= 15 is 0 Å². The van der Waals surface area contributed by atoms with E-state index in [4.69, 9.17) is 19.1 Å². The molecule has 8 nitrogen and oxygen atoms in total. The summed E-state index contributed by atoms with van der Waals surface area (Å²) >= 11 is 0. The number of carbonyl (C=O) groups is 2. The number of carbonyl (C=O) groups excluding carboxylic acids is 2. The van der Waals surface area contributed by atoms with Crippen LogP contribution in [0.3, 0.4) is 0 Å². The van der Waals surface area contributed by atoms with Crippen molar-refractivity contribution in [2.45, 2.75) is 0 Å². The second-order valence-electron chi connectivity index (χ2n) is 6.12. The Bertz CT molecular complexity index is 1110. The molecule has 0 aliphatic heterocycles. The monoisotopic (exact) mass is 408 g/mol. The molecule has 3 aromatic rings. The molecule has 2 amide bonds. The lowest BCUT2D eigenvalue weighted by molar-refractivity contribution is 0.0706. The Kier molecular flexibility index (Phi) is 7.05. The molecular weight excluding hydrogens is 388 g/mol. The molecule has 0 aliphatic rings. The van der Waals surface area contributed by atoms with Gasteiger partial charge in [0.25, 0.3) is 11.8 Å². The minimum atomic E-state index is -0.656. The maximum Gasteiger partial charge on any atom is 0.287 e. The van der Waals surface area contributed by atoms with E-state index in [9.17, 15) is 9.59 Å². The third-order valence-electron chi connectivity index (χ3n) is 4.10. The topological polar surface area (TPSA) is 110 Å². The van der Waals surface area contributed by atoms with Crippen LogP contribution in [0, 0.1) is 11.8 Å². The number of methoxy groups -OCH3 is 1. The number of amides is 2. The molecule has 3 rings (SSSR count).